The molecular weight excluding hydrogens is 544 g/mol. The molecular formula is C30H16F8O2. The second kappa shape index (κ2) is 11.5. The number of benzene rings is 4. The molecule has 4 aromatic carbocycles. The van der Waals surface area contributed by atoms with Crippen molar-refractivity contribution in [2.24, 2.45) is 0 Å². The van der Waals surface area contributed by atoms with Gasteiger partial charge in [0.05, 0.1) is 11.1 Å². The summed E-state index contributed by atoms with van der Waals surface area (Å²) in [5.41, 5.74) is -1.92. The first-order valence-corrected chi connectivity index (χ1v) is 11.3. The lowest BCUT2D eigenvalue weighted by Gasteiger charge is -2.19. The standard InChI is InChI=1S/C30H16F8O2/c1-2-11-39-20-8-9-22(25(32)15-20)19-6-10-23(26(33)14-19)30(37,38)40-21-7-5-18(24(31)16-21)4-3-17-12-27(34)29(36)28(35)13-17/h2,5-10,12-16H,1,11H2. The van der Waals surface area contributed by atoms with Gasteiger partial charge in [0.25, 0.3) is 0 Å². The molecule has 0 aliphatic heterocycles. The number of alkyl halides is 2. The normalized spacial score (nSPS) is 11.0. The molecule has 0 aliphatic rings. The van der Waals surface area contributed by atoms with E-state index in [1.165, 1.54) is 18.2 Å². The van der Waals surface area contributed by atoms with Gasteiger partial charge in [0, 0.05) is 23.3 Å². The minimum absolute atomic E-state index is 0.0280. The van der Waals surface area contributed by atoms with Gasteiger partial charge in [-0.1, -0.05) is 30.6 Å². The van der Waals surface area contributed by atoms with E-state index >= 15 is 0 Å². The Morgan fingerprint density at radius 2 is 1.38 bits per heavy atom. The summed E-state index contributed by atoms with van der Waals surface area (Å²) in [5.74, 6) is -4.00. The molecule has 0 radical (unpaired) electrons. The van der Waals surface area contributed by atoms with Crippen molar-refractivity contribution in [3.8, 4) is 34.5 Å². The van der Waals surface area contributed by atoms with Crippen molar-refractivity contribution in [3.63, 3.8) is 0 Å². The smallest absolute Gasteiger partial charge is 0.429 e. The highest BCUT2D eigenvalue weighted by Crippen LogP contribution is 2.36. The number of hydrogen-bond acceptors (Lipinski definition) is 2. The fourth-order valence-corrected chi connectivity index (χ4v) is 3.52. The molecule has 0 fully saturated rings. The van der Waals surface area contributed by atoms with Gasteiger partial charge >= 0.3 is 6.11 Å². The van der Waals surface area contributed by atoms with Gasteiger partial charge in [-0.2, -0.15) is 8.78 Å². The van der Waals surface area contributed by atoms with Gasteiger partial charge in [-0.05, 0) is 54.1 Å². The second-order valence-electron chi connectivity index (χ2n) is 8.20. The predicted octanol–water partition coefficient (Wildman–Crippen LogP) is 8.28. The largest absolute Gasteiger partial charge is 0.489 e. The lowest BCUT2D eigenvalue weighted by molar-refractivity contribution is -0.187. The Balaban J connectivity index is 1.53. The van der Waals surface area contributed by atoms with Crippen LogP contribution in [0.25, 0.3) is 11.1 Å². The Morgan fingerprint density at radius 1 is 0.700 bits per heavy atom. The third kappa shape index (κ3) is 6.26. The monoisotopic (exact) mass is 560 g/mol. The summed E-state index contributed by atoms with van der Waals surface area (Å²) >= 11 is 0. The number of rotatable bonds is 7. The second-order valence-corrected chi connectivity index (χ2v) is 8.20. The molecule has 0 aliphatic carbocycles. The van der Waals surface area contributed by atoms with Crippen molar-refractivity contribution >= 4 is 0 Å². The van der Waals surface area contributed by atoms with Crippen LogP contribution in [0.2, 0.25) is 0 Å². The number of hydrogen-bond donors (Lipinski definition) is 0. The van der Waals surface area contributed by atoms with E-state index in [0.717, 1.165) is 24.3 Å². The molecule has 0 saturated heterocycles. The van der Waals surface area contributed by atoms with Gasteiger partial charge in [0.1, 0.15) is 35.6 Å². The van der Waals surface area contributed by atoms with Crippen LogP contribution >= 0.6 is 0 Å². The molecule has 0 amide bonds. The van der Waals surface area contributed by atoms with Gasteiger partial charge in [-0.25, -0.2) is 26.3 Å². The lowest BCUT2D eigenvalue weighted by atomic mass is 10.0. The molecule has 0 unspecified atom stereocenters. The Morgan fingerprint density at radius 3 is 2.00 bits per heavy atom. The molecule has 4 aromatic rings. The van der Waals surface area contributed by atoms with Gasteiger partial charge in [0.15, 0.2) is 17.5 Å². The maximum atomic E-state index is 14.8. The van der Waals surface area contributed by atoms with E-state index in [9.17, 15) is 35.1 Å². The molecule has 0 spiro atoms. The highest BCUT2D eigenvalue weighted by atomic mass is 19.3. The van der Waals surface area contributed by atoms with Crippen molar-refractivity contribution in [1.82, 2.24) is 0 Å². The van der Waals surface area contributed by atoms with Gasteiger partial charge in [0.2, 0.25) is 0 Å². The Bertz CT molecular complexity index is 1630. The van der Waals surface area contributed by atoms with E-state index in [4.69, 9.17) is 4.74 Å². The molecule has 40 heavy (non-hydrogen) atoms. The maximum Gasteiger partial charge on any atom is 0.429 e. The Kier molecular flexibility index (Phi) is 8.14. The van der Waals surface area contributed by atoms with Crippen LogP contribution in [-0.2, 0) is 6.11 Å². The minimum atomic E-state index is -4.26. The van der Waals surface area contributed by atoms with Crippen LogP contribution in [0, 0.1) is 46.7 Å². The minimum Gasteiger partial charge on any atom is -0.489 e. The van der Waals surface area contributed by atoms with E-state index in [1.807, 2.05) is 0 Å². The molecule has 0 aromatic heterocycles. The average molecular weight is 560 g/mol. The van der Waals surface area contributed by atoms with Crippen LogP contribution in [0.15, 0.2) is 79.4 Å². The van der Waals surface area contributed by atoms with Crippen LogP contribution in [-0.4, -0.2) is 6.61 Å². The van der Waals surface area contributed by atoms with Gasteiger partial charge in [-0.15, -0.1) is 0 Å². The van der Waals surface area contributed by atoms with Crippen LogP contribution in [0.5, 0.6) is 11.5 Å². The topological polar surface area (TPSA) is 18.5 Å². The lowest BCUT2D eigenvalue weighted by Crippen LogP contribution is -2.23. The molecule has 2 nitrogen and oxygen atoms in total. The fraction of sp³-hybridized carbons (Fsp3) is 0.0667. The molecule has 0 atom stereocenters. The Labute approximate surface area is 223 Å². The highest BCUT2D eigenvalue weighted by molar-refractivity contribution is 5.65. The fourth-order valence-electron chi connectivity index (χ4n) is 3.52. The molecule has 0 N–H and O–H groups in total. The van der Waals surface area contributed by atoms with Gasteiger partial charge in [-0.3, -0.25) is 0 Å². The van der Waals surface area contributed by atoms with Crippen LogP contribution in [0.3, 0.4) is 0 Å². The van der Waals surface area contributed by atoms with Crippen LogP contribution in [0.4, 0.5) is 35.1 Å². The summed E-state index contributed by atoms with van der Waals surface area (Å²) in [4.78, 5) is 0. The van der Waals surface area contributed by atoms with Crippen molar-refractivity contribution < 1.29 is 44.6 Å². The summed E-state index contributed by atoms with van der Waals surface area (Å²) in [7, 11) is 0. The zero-order chi connectivity index (χ0) is 29.0. The summed E-state index contributed by atoms with van der Waals surface area (Å²) in [5, 5.41) is 0. The average Bonchev–Trinajstić information content (AvgIpc) is 2.89. The van der Waals surface area contributed by atoms with Crippen molar-refractivity contribution in [1.29, 1.82) is 0 Å². The summed E-state index contributed by atoms with van der Waals surface area (Å²) in [6.07, 6.45) is -2.80. The first-order chi connectivity index (χ1) is 19.0. The van der Waals surface area contributed by atoms with Crippen molar-refractivity contribution in [3.05, 3.63) is 131 Å². The Hall–Kier alpha value is -4.78. The first-order valence-electron chi connectivity index (χ1n) is 11.3. The zero-order valence-corrected chi connectivity index (χ0v) is 20.2. The molecule has 0 bridgehead atoms. The third-order valence-corrected chi connectivity index (χ3v) is 5.41. The van der Waals surface area contributed by atoms with E-state index in [1.54, 1.807) is 0 Å². The summed E-state index contributed by atoms with van der Waals surface area (Å²) in [6, 6.07) is 9.89. The summed E-state index contributed by atoms with van der Waals surface area (Å²) in [6.45, 7) is 3.61. The molecule has 4 rings (SSSR count). The summed E-state index contributed by atoms with van der Waals surface area (Å²) < 4.78 is 123. The maximum absolute atomic E-state index is 14.8. The highest BCUT2D eigenvalue weighted by Gasteiger charge is 2.38. The van der Waals surface area contributed by atoms with Crippen LogP contribution in [0.1, 0.15) is 16.7 Å². The number of halogens is 8. The molecule has 0 heterocycles. The van der Waals surface area contributed by atoms with Gasteiger partial charge < -0.3 is 9.47 Å². The van der Waals surface area contributed by atoms with Crippen molar-refractivity contribution in [2.45, 2.75) is 6.11 Å². The predicted molar refractivity (Wildman–Crippen MR) is 131 cm³/mol. The molecule has 204 valence electrons. The molecule has 10 heteroatoms. The third-order valence-electron chi connectivity index (χ3n) is 5.41. The van der Waals surface area contributed by atoms with E-state index in [-0.39, 0.29) is 34.6 Å². The quantitative estimate of drug-likeness (QED) is 0.0981. The molecule has 0 saturated carbocycles. The van der Waals surface area contributed by atoms with Crippen LogP contribution < -0.4 is 9.47 Å². The first kappa shape index (κ1) is 28.2. The number of ether oxygens (including phenoxy) is 2. The van der Waals surface area contributed by atoms with Crippen molar-refractivity contribution in [2.75, 3.05) is 6.61 Å². The van der Waals surface area contributed by atoms with E-state index in [2.05, 4.69) is 23.2 Å². The zero-order valence-electron chi connectivity index (χ0n) is 20.2. The SMILES string of the molecule is C=CCOc1ccc(-c2ccc(C(F)(F)Oc3ccc(C#Cc4cc(F)c(F)c(F)c4)c(F)c3)c(F)c2)c(F)c1. The van der Waals surface area contributed by atoms with E-state index < -0.39 is 52.3 Å². The van der Waals surface area contributed by atoms with E-state index in [0.29, 0.717) is 30.3 Å².